The van der Waals surface area contributed by atoms with Gasteiger partial charge in [0.15, 0.2) is 0 Å². The molecule has 19 heavy (non-hydrogen) atoms. The first-order valence-electron chi connectivity index (χ1n) is 6.08. The van der Waals surface area contributed by atoms with E-state index in [2.05, 4.69) is 5.32 Å². The largest absolute Gasteiger partial charge is 0.392 e. The number of carbonyl (C=O) groups excluding carboxylic acids is 1. The molecule has 0 aliphatic carbocycles. The number of carbonyl (C=O) groups is 1. The average molecular weight is 282 g/mol. The molecule has 2 N–H and O–H groups in total. The lowest BCUT2D eigenvalue weighted by atomic mass is 10.2. The predicted molar refractivity (Wildman–Crippen MR) is 68.2 cm³/mol. The molecule has 1 saturated heterocycles. The summed E-state index contributed by atoms with van der Waals surface area (Å²) in [5, 5.41) is 12.1. The number of hydrogen-bond acceptors (Lipinski definition) is 4. The highest BCUT2D eigenvalue weighted by Crippen LogP contribution is 2.28. The highest BCUT2D eigenvalue weighted by molar-refractivity contribution is 7.89. The zero-order chi connectivity index (χ0) is 13.6. The zero-order valence-electron chi connectivity index (χ0n) is 10.2. The van der Waals surface area contributed by atoms with Crippen LogP contribution in [-0.2, 0) is 21.2 Å². The Morgan fingerprint density at radius 2 is 2.16 bits per heavy atom. The quantitative estimate of drug-likeness (QED) is 0.795. The molecule has 102 valence electrons. The number of aliphatic hydroxyl groups excluding tert-OH is 1. The lowest BCUT2D eigenvalue weighted by molar-refractivity contribution is -0.115. The van der Waals surface area contributed by atoms with Crippen LogP contribution in [0.15, 0.2) is 23.1 Å². The van der Waals surface area contributed by atoms with Crippen LogP contribution in [0.3, 0.4) is 0 Å². The van der Waals surface area contributed by atoms with Crippen LogP contribution in [0, 0.1) is 0 Å². The molecule has 1 aromatic carbocycles. The average Bonchev–Trinajstić information content (AvgIpc) is 2.93. The van der Waals surface area contributed by atoms with Crippen LogP contribution < -0.4 is 5.32 Å². The van der Waals surface area contributed by atoms with E-state index in [9.17, 15) is 18.3 Å². The van der Waals surface area contributed by atoms with Gasteiger partial charge in [0.25, 0.3) is 0 Å². The minimum Gasteiger partial charge on any atom is -0.392 e. The maximum atomic E-state index is 12.4. The van der Waals surface area contributed by atoms with Crippen molar-refractivity contribution in [1.82, 2.24) is 4.31 Å². The molecule has 2 aliphatic heterocycles. The Morgan fingerprint density at radius 1 is 1.37 bits per heavy atom. The fourth-order valence-electron chi connectivity index (χ4n) is 2.44. The number of β-amino-alcohol motifs (C(OH)–C–C–N with tert-alkyl or cyclic N) is 1. The molecule has 0 radical (unpaired) electrons. The van der Waals surface area contributed by atoms with Crippen LogP contribution in [0.5, 0.6) is 0 Å². The second-order valence-corrected chi connectivity index (χ2v) is 6.79. The lowest BCUT2D eigenvalue weighted by Crippen LogP contribution is -2.29. The molecule has 6 nitrogen and oxygen atoms in total. The van der Waals surface area contributed by atoms with Gasteiger partial charge in [-0.05, 0) is 30.2 Å². The van der Waals surface area contributed by atoms with Gasteiger partial charge in [-0.1, -0.05) is 0 Å². The van der Waals surface area contributed by atoms with E-state index in [0.29, 0.717) is 24.2 Å². The van der Waals surface area contributed by atoms with Gasteiger partial charge in [0.2, 0.25) is 15.9 Å². The number of hydrogen-bond donors (Lipinski definition) is 2. The van der Waals surface area contributed by atoms with Gasteiger partial charge < -0.3 is 10.4 Å². The summed E-state index contributed by atoms with van der Waals surface area (Å²) in [5.41, 5.74) is 1.37. The molecule has 0 saturated carbocycles. The first-order chi connectivity index (χ1) is 8.96. The summed E-state index contributed by atoms with van der Waals surface area (Å²) in [5.74, 6) is -0.124. The predicted octanol–water partition coefficient (Wildman–Crippen LogP) is -0.0635. The van der Waals surface area contributed by atoms with E-state index in [1.807, 2.05) is 0 Å². The van der Waals surface area contributed by atoms with Crippen LogP contribution in [-0.4, -0.2) is 42.9 Å². The fraction of sp³-hybridized carbons (Fsp3) is 0.417. The molecule has 1 fully saturated rings. The molecular formula is C12H14N2O4S. The minimum atomic E-state index is -3.58. The molecule has 0 unspecified atom stereocenters. The van der Waals surface area contributed by atoms with E-state index in [-0.39, 0.29) is 23.8 Å². The van der Waals surface area contributed by atoms with Gasteiger partial charge in [-0.25, -0.2) is 8.42 Å². The number of sulfonamides is 1. The van der Waals surface area contributed by atoms with Crippen molar-refractivity contribution in [3.8, 4) is 0 Å². The van der Waals surface area contributed by atoms with Crippen molar-refractivity contribution in [1.29, 1.82) is 0 Å². The van der Waals surface area contributed by atoms with Crippen LogP contribution in [0.25, 0.3) is 0 Å². The molecule has 2 heterocycles. The Hall–Kier alpha value is -1.44. The van der Waals surface area contributed by atoms with Gasteiger partial charge in [0.1, 0.15) is 0 Å². The summed E-state index contributed by atoms with van der Waals surface area (Å²) in [7, 11) is -3.58. The number of benzene rings is 1. The van der Waals surface area contributed by atoms with E-state index < -0.39 is 16.1 Å². The number of amides is 1. The molecule has 0 aromatic heterocycles. The van der Waals surface area contributed by atoms with E-state index in [0.717, 1.165) is 0 Å². The number of anilines is 1. The van der Waals surface area contributed by atoms with Gasteiger partial charge >= 0.3 is 0 Å². The molecule has 3 rings (SSSR count). The molecule has 0 spiro atoms. The number of fused-ring (bicyclic) bond motifs is 1. The minimum absolute atomic E-state index is 0.124. The van der Waals surface area contributed by atoms with Crippen LogP contribution in [0.2, 0.25) is 0 Å². The summed E-state index contributed by atoms with van der Waals surface area (Å²) in [6, 6.07) is 4.64. The number of rotatable bonds is 2. The van der Waals surface area contributed by atoms with Crippen LogP contribution in [0.4, 0.5) is 5.69 Å². The van der Waals surface area contributed by atoms with Crippen molar-refractivity contribution >= 4 is 21.6 Å². The monoisotopic (exact) mass is 282 g/mol. The van der Waals surface area contributed by atoms with Crippen LogP contribution >= 0.6 is 0 Å². The van der Waals surface area contributed by atoms with E-state index >= 15 is 0 Å². The third-order valence-electron chi connectivity index (χ3n) is 3.47. The summed E-state index contributed by atoms with van der Waals surface area (Å²) < 4.78 is 26.0. The molecular weight excluding hydrogens is 268 g/mol. The third-order valence-corrected chi connectivity index (χ3v) is 5.33. The summed E-state index contributed by atoms with van der Waals surface area (Å²) >= 11 is 0. The molecule has 2 aliphatic rings. The van der Waals surface area contributed by atoms with Crippen molar-refractivity contribution < 1.29 is 18.3 Å². The molecule has 1 aromatic rings. The number of nitrogens with one attached hydrogen (secondary N) is 1. The second kappa shape index (κ2) is 4.29. The topological polar surface area (TPSA) is 86.7 Å². The van der Waals surface area contributed by atoms with Crippen molar-refractivity contribution in [3.63, 3.8) is 0 Å². The Balaban J connectivity index is 1.94. The van der Waals surface area contributed by atoms with Crippen molar-refractivity contribution in [3.05, 3.63) is 23.8 Å². The maximum Gasteiger partial charge on any atom is 0.243 e. The van der Waals surface area contributed by atoms with E-state index in [4.69, 9.17) is 0 Å². The Morgan fingerprint density at radius 3 is 2.84 bits per heavy atom. The van der Waals surface area contributed by atoms with E-state index in [1.54, 1.807) is 6.07 Å². The second-order valence-electron chi connectivity index (χ2n) is 4.85. The van der Waals surface area contributed by atoms with Crippen LogP contribution in [0.1, 0.15) is 12.0 Å². The van der Waals surface area contributed by atoms with Gasteiger partial charge in [-0.15, -0.1) is 0 Å². The Kier molecular flexibility index (Phi) is 2.84. The molecule has 1 amide bonds. The van der Waals surface area contributed by atoms with Gasteiger partial charge in [0.05, 0.1) is 17.4 Å². The van der Waals surface area contributed by atoms with E-state index in [1.165, 1.54) is 16.4 Å². The standard InChI is InChI=1S/C12H14N2O4S/c15-9-3-4-14(7-9)19(17,18)10-1-2-11-8(5-10)6-12(16)13-11/h1-2,5,9,15H,3-4,6-7H2,(H,13,16)/t9-/m0/s1. The van der Waals surface area contributed by atoms with Gasteiger partial charge in [-0.3, -0.25) is 4.79 Å². The lowest BCUT2D eigenvalue weighted by Gasteiger charge is -2.16. The fourth-order valence-corrected chi connectivity index (χ4v) is 3.99. The zero-order valence-corrected chi connectivity index (χ0v) is 11.0. The Labute approximate surface area is 111 Å². The summed E-state index contributed by atoms with van der Waals surface area (Å²) in [4.78, 5) is 11.4. The Bertz CT molecular complexity index is 641. The molecule has 7 heteroatoms. The number of aliphatic hydroxyl groups is 1. The van der Waals surface area contributed by atoms with Crippen molar-refractivity contribution in [2.24, 2.45) is 0 Å². The molecule has 1 atom stereocenters. The van der Waals surface area contributed by atoms with Crippen molar-refractivity contribution in [2.45, 2.75) is 23.8 Å². The first-order valence-corrected chi connectivity index (χ1v) is 7.52. The van der Waals surface area contributed by atoms with Gasteiger partial charge in [-0.2, -0.15) is 4.31 Å². The van der Waals surface area contributed by atoms with Crippen molar-refractivity contribution in [2.75, 3.05) is 18.4 Å². The molecule has 0 bridgehead atoms. The summed E-state index contributed by atoms with van der Waals surface area (Å²) in [6.07, 6.45) is 0.0818. The first kappa shape index (κ1) is 12.6. The summed E-state index contributed by atoms with van der Waals surface area (Å²) in [6.45, 7) is 0.467. The SMILES string of the molecule is O=C1Cc2cc(S(=O)(=O)N3CC[C@H](O)C3)ccc2N1. The smallest absolute Gasteiger partial charge is 0.243 e. The third kappa shape index (κ3) is 2.13. The normalized spacial score (nSPS) is 23.4. The highest BCUT2D eigenvalue weighted by Gasteiger charge is 2.32. The maximum absolute atomic E-state index is 12.4. The number of nitrogens with zero attached hydrogens (tertiary/aromatic N) is 1. The highest BCUT2D eigenvalue weighted by atomic mass is 32.2. The van der Waals surface area contributed by atoms with Gasteiger partial charge in [0, 0.05) is 18.8 Å².